The molecule has 4 heteroatoms. The zero-order valence-electron chi connectivity index (χ0n) is 11.6. The molecule has 1 aromatic rings. The van der Waals surface area contributed by atoms with Crippen molar-refractivity contribution in [1.29, 1.82) is 0 Å². The number of hydrogen-bond donors (Lipinski definition) is 2. The molecule has 0 amide bonds. The van der Waals surface area contributed by atoms with Crippen molar-refractivity contribution in [2.45, 2.75) is 20.4 Å². The minimum Gasteiger partial charge on any atom is -0.494 e. The quantitative estimate of drug-likeness (QED) is 0.465. The fourth-order valence-electron chi connectivity index (χ4n) is 1.55. The van der Waals surface area contributed by atoms with Crippen LogP contribution in [0.25, 0.3) is 0 Å². The zero-order valence-corrected chi connectivity index (χ0v) is 11.6. The second-order valence-electron chi connectivity index (χ2n) is 3.83. The van der Waals surface area contributed by atoms with Gasteiger partial charge in [-0.05, 0) is 31.5 Å². The predicted octanol–water partition coefficient (Wildman–Crippen LogP) is 1.77. The molecule has 1 rings (SSSR count). The Morgan fingerprint density at radius 1 is 1.37 bits per heavy atom. The molecule has 0 heterocycles. The lowest BCUT2D eigenvalue weighted by Gasteiger charge is -2.09. The standard InChI is InChI=1S/C15H21N3O/c1-4-10-17-15(16-5-2)18-12-13-8-7-9-14(11-13)19-6-3/h1,7-9,11H,5-6,10,12H2,2-3H3,(H2,16,17,18). The van der Waals surface area contributed by atoms with Crippen molar-refractivity contribution >= 4 is 5.96 Å². The van der Waals surface area contributed by atoms with E-state index in [0.29, 0.717) is 19.7 Å². The summed E-state index contributed by atoms with van der Waals surface area (Å²) in [6, 6.07) is 7.94. The van der Waals surface area contributed by atoms with Crippen molar-refractivity contribution in [3.05, 3.63) is 29.8 Å². The molecule has 0 radical (unpaired) electrons. The van der Waals surface area contributed by atoms with Crippen LogP contribution in [-0.4, -0.2) is 25.7 Å². The third-order valence-corrected chi connectivity index (χ3v) is 2.33. The van der Waals surface area contributed by atoms with Crippen LogP contribution in [0.4, 0.5) is 0 Å². The monoisotopic (exact) mass is 259 g/mol. The Kier molecular flexibility index (Phi) is 6.96. The topological polar surface area (TPSA) is 45.7 Å². The van der Waals surface area contributed by atoms with Gasteiger partial charge in [-0.2, -0.15) is 0 Å². The molecule has 4 nitrogen and oxygen atoms in total. The fourth-order valence-corrected chi connectivity index (χ4v) is 1.55. The van der Waals surface area contributed by atoms with Gasteiger partial charge in [0, 0.05) is 6.54 Å². The van der Waals surface area contributed by atoms with E-state index in [1.165, 1.54) is 0 Å². The second kappa shape index (κ2) is 8.87. The van der Waals surface area contributed by atoms with Gasteiger partial charge in [-0.25, -0.2) is 4.99 Å². The molecule has 19 heavy (non-hydrogen) atoms. The molecular weight excluding hydrogens is 238 g/mol. The van der Waals surface area contributed by atoms with E-state index in [2.05, 4.69) is 21.5 Å². The summed E-state index contributed by atoms with van der Waals surface area (Å²) in [5, 5.41) is 6.19. The highest BCUT2D eigenvalue weighted by Crippen LogP contribution is 2.13. The maximum atomic E-state index is 5.46. The molecule has 0 spiro atoms. The van der Waals surface area contributed by atoms with Crippen molar-refractivity contribution in [1.82, 2.24) is 10.6 Å². The van der Waals surface area contributed by atoms with Crippen molar-refractivity contribution in [3.63, 3.8) is 0 Å². The average Bonchev–Trinajstić information content (AvgIpc) is 2.43. The second-order valence-corrected chi connectivity index (χ2v) is 3.83. The zero-order chi connectivity index (χ0) is 13.9. The van der Waals surface area contributed by atoms with Crippen LogP contribution in [0, 0.1) is 12.3 Å². The Labute approximate surface area is 115 Å². The highest BCUT2D eigenvalue weighted by atomic mass is 16.5. The van der Waals surface area contributed by atoms with Gasteiger partial charge >= 0.3 is 0 Å². The van der Waals surface area contributed by atoms with Gasteiger partial charge in [-0.1, -0.05) is 18.1 Å². The van der Waals surface area contributed by atoms with Crippen LogP contribution >= 0.6 is 0 Å². The van der Waals surface area contributed by atoms with Crippen LogP contribution in [0.15, 0.2) is 29.3 Å². The summed E-state index contributed by atoms with van der Waals surface area (Å²) >= 11 is 0. The molecular formula is C15H21N3O. The van der Waals surface area contributed by atoms with E-state index in [9.17, 15) is 0 Å². The van der Waals surface area contributed by atoms with Gasteiger partial charge in [0.2, 0.25) is 0 Å². The maximum absolute atomic E-state index is 5.46. The van der Waals surface area contributed by atoms with Crippen LogP contribution in [0.3, 0.4) is 0 Å². The number of ether oxygens (including phenoxy) is 1. The van der Waals surface area contributed by atoms with Gasteiger partial charge in [0.25, 0.3) is 0 Å². The van der Waals surface area contributed by atoms with Gasteiger partial charge < -0.3 is 15.4 Å². The van der Waals surface area contributed by atoms with Crippen LogP contribution in [-0.2, 0) is 6.54 Å². The van der Waals surface area contributed by atoms with Crippen molar-refractivity contribution in [2.75, 3.05) is 19.7 Å². The van der Waals surface area contributed by atoms with Crippen LogP contribution in [0.1, 0.15) is 19.4 Å². The first-order valence-corrected chi connectivity index (χ1v) is 6.47. The highest BCUT2D eigenvalue weighted by Gasteiger charge is 1.98. The third kappa shape index (κ3) is 5.82. The first kappa shape index (κ1) is 14.9. The summed E-state index contributed by atoms with van der Waals surface area (Å²) in [6.45, 7) is 6.50. The minimum atomic E-state index is 0.463. The molecule has 2 N–H and O–H groups in total. The van der Waals surface area contributed by atoms with Crippen LogP contribution in [0.2, 0.25) is 0 Å². The fraction of sp³-hybridized carbons (Fsp3) is 0.400. The first-order valence-electron chi connectivity index (χ1n) is 6.47. The molecule has 102 valence electrons. The summed E-state index contributed by atoms with van der Waals surface area (Å²) < 4.78 is 5.46. The van der Waals surface area contributed by atoms with E-state index in [1.807, 2.05) is 38.1 Å². The predicted molar refractivity (Wildman–Crippen MR) is 79.3 cm³/mol. The first-order chi connectivity index (χ1) is 9.30. The van der Waals surface area contributed by atoms with E-state index in [4.69, 9.17) is 11.2 Å². The molecule has 1 aromatic carbocycles. The number of hydrogen-bond acceptors (Lipinski definition) is 2. The molecule has 0 saturated carbocycles. The van der Waals surface area contributed by atoms with E-state index in [-0.39, 0.29) is 0 Å². The van der Waals surface area contributed by atoms with E-state index >= 15 is 0 Å². The van der Waals surface area contributed by atoms with Crippen LogP contribution in [0.5, 0.6) is 5.75 Å². The summed E-state index contributed by atoms with van der Waals surface area (Å²) in [6.07, 6.45) is 5.22. The Hall–Kier alpha value is -2.15. The van der Waals surface area contributed by atoms with Gasteiger partial charge in [-0.3, -0.25) is 0 Å². The molecule has 0 unspecified atom stereocenters. The molecule has 0 saturated heterocycles. The van der Waals surface area contributed by atoms with Crippen LogP contribution < -0.4 is 15.4 Å². The molecule has 0 atom stereocenters. The lowest BCUT2D eigenvalue weighted by atomic mass is 10.2. The van der Waals surface area contributed by atoms with E-state index < -0.39 is 0 Å². The lowest BCUT2D eigenvalue weighted by Crippen LogP contribution is -2.37. The molecule has 0 bridgehead atoms. The summed E-state index contributed by atoms with van der Waals surface area (Å²) in [7, 11) is 0. The summed E-state index contributed by atoms with van der Waals surface area (Å²) in [5.74, 6) is 4.13. The van der Waals surface area contributed by atoms with Gasteiger partial charge in [0.1, 0.15) is 5.75 Å². The minimum absolute atomic E-state index is 0.463. The smallest absolute Gasteiger partial charge is 0.192 e. The van der Waals surface area contributed by atoms with Crippen molar-refractivity contribution in [3.8, 4) is 18.1 Å². The number of benzene rings is 1. The molecule has 0 aliphatic carbocycles. The van der Waals surface area contributed by atoms with Gasteiger partial charge in [0.05, 0.1) is 19.7 Å². The number of terminal acetylenes is 1. The number of guanidine groups is 1. The van der Waals surface area contributed by atoms with Gasteiger partial charge in [-0.15, -0.1) is 6.42 Å². The summed E-state index contributed by atoms with van der Waals surface area (Å²) in [5.41, 5.74) is 1.10. The summed E-state index contributed by atoms with van der Waals surface area (Å²) in [4.78, 5) is 4.47. The van der Waals surface area contributed by atoms with Crippen molar-refractivity contribution < 1.29 is 4.74 Å². The Morgan fingerprint density at radius 3 is 2.89 bits per heavy atom. The Bertz CT molecular complexity index is 449. The maximum Gasteiger partial charge on any atom is 0.192 e. The van der Waals surface area contributed by atoms with E-state index in [1.54, 1.807) is 0 Å². The third-order valence-electron chi connectivity index (χ3n) is 2.33. The number of nitrogens with zero attached hydrogens (tertiary/aromatic N) is 1. The Morgan fingerprint density at radius 2 is 2.21 bits per heavy atom. The highest BCUT2D eigenvalue weighted by molar-refractivity contribution is 5.79. The molecule has 0 fully saturated rings. The number of nitrogens with one attached hydrogen (secondary N) is 2. The number of rotatable bonds is 6. The largest absolute Gasteiger partial charge is 0.494 e. The van der Waals surface area contributed by atoms with Crippen molar-refractivity contribution in [2.24, 2.45) is 4.99 Å². The van der Waals surface area contributed by atoms with E-state index in [0.717, 1.165) is 23.8 Å². The Balaban J connectivity index is 2.65. The normalized spacial score (nSPS) is 10.7. The molecule has 0 aliphatic rings. The average molecular weight is 259 g/mol. The number of aliphatic imine (C=N–C) groups is 1. The molecule has 0 aromatic heterocycles. The van der Waals surface area contributed by atoms with Gasteiger partial charge in [0.15, 0.2) is 5.96 Å². The lowest BCUT2D eigenvalue weighted by molar-refractivity contribution is 0.340. The SMILES string of the molecule is C#CCNC(=NCc1cccc(OCC)c1)NCC. The molecule has 0 aliphatic heterocycles.